The van der Waals surface area contributed by atoms with Gasteiger partial charge < -0.3 is 20.1 Å². The number of nitrogens with zero attached hydrogens (tertiary/aromatic N) is 2. The van der Waals surface area contributed by atoms with Crippen LogP contribution in [0.25, 0.3) is 0 Å². The van der Waals surface area contributed by atoms with E-state index in [4.69, 9.17) is 4.74 Å². The zero-order chi connectivity index (χ0) is 21.1. The summed E-state index contributed by atoms with van der Waals surface area (Å²) in [6, 6.07) is 0. The molecule has 0 unspecified atom stereocenters. The molecule has 0 bridgehead atoms. The van der Waals surface area contributed by atoms with E-state index in [2.05, 4.69) is 16.3 Å². The number of rotatable bonds is 7. The van der Waals surface area contributed by atoms with Crippen LogP contribution in [-0.4, -0.2) is 80.5 Å². The van der Waals surface area contributed by atoms with Crippen LogP contribution in [0.15, 0.2) is 35.3 Å². The maximum Gasteiger partial charge on any atom is 0.232 e. The van der Waals surface area contributed by atoms with Crippen LogP contribution < -0.4 is 5.32 Å². The van der Waals surface area contributed by atoms with Crippen LogP contribution in [0.2, 0.25) is 0 Å². The third-order valence-electron chi connectivity index (χ3n) is 5.61. The number of allylic oxidation sites excluding steroid dienone is 3. The molecule has 0 aliphatic carbocycles. The van der Waals surface area contributed by atoms with E-state index in [-0.39, 0.29) is 6.54 Å². The molecule has 3 heterocycles. The quantitative estimate of drug-likeness (QED) is 0.643. The molecule has 29 heavy (non-hydrogen) atoms. The molecule has 7 nitrogen and oxygen atoms in total. The first-order valence-corrected chi connectivity index (χ1v) is 12.3. The molecule has 0 saturated carbocycles. The summed E-state index contributed by atoms with van der Waals surface area (Å²) in [6.07, 6.45) is 10.00. The lowest BCUT2D eigenvalue weighted by Crippen LogP contribution is -2.43. The second-order valence-electron chi connectivity index (χ2n) is 8.98. The lowest BCUT2D eigenvalue weighted by Gasteiger charge is -2.36. The van der Waals surface area contributed by atoms with Gasteiger partial charge in [-0.1, -0.05) is 6.08 Å². The van der Waals surface area contributed by atoms with E-state index >= 15 is 0 Å². The predicted octanol–water partition coefficient (Wildman–Crippen LogP) is 1.45. The fourth-order valence-corrected chi connectivity index (χ4v) is 5.03. The average Bonchev–Trinajstić information content (AvgIpc) is 2.66. The minimum atomic E-state index is -3.37. The largest absolute Gasteiger partial charge is 0.496 e. The summed E-state index contributed by atoms with van der Waals surface area (Å²) >= 11 is 0. The van der Waals surface area contributed by atoms with E-state index in [1.165, 1.54) is 10.6 Å². The van der Waals surface area contributed by atoms with E-state index in [9.17, 15) is 13.5 Å². The molecule has 3 aliphatic rings. The third-order valence-corrected chi connectivity index (χ3v) is 6.74. The van der Waals surface area contributed by atoms with Crippen LogP contribution >= 0.6 is 0 Å². The number of piperidine rings is 1. The number of likely N-dealkylation sites (tertiary alicyclic amines) is 1. The van der Waals surface area contributed by atoms with E-state index < -0.39 is 15.6 Å². The van der Waals surface area contributed by atoms with Crippen molar-refractivity contribution in [2.45, 2.75) is 38.7 Å². The van der Waals surface area contributed by atoms with E-state index in [0.717, 1.165) is 56.7 Å². The first-order valence-electron chi connectivity index (χ1n) is 10.5. The molecule has 0 aromatic carbocycles. The highest BCUT2D eigenvalue weighted by molar-refractivity contribution is 7.88. The molecule has 0 atom stereocenters. The Kier molecular flexibility index (Phi) is 7.09. The number of sulfonamides is 1. The van der Waals surface area contributed by atoms with Crippen molar-refractivity contribution in [1.82, 2.24) is 14.5 Å². The molecule has 1 fully saturated rings. The van der Waals surface area contributed by atoms with Gasteiger partial charge in [-0.15, -0.1) is 0 Å². The van der Waals surface area contributed by atoms with Gasteiger partial charge in [0.25, 0.3) is 0 Å². The molecule has 3 rings (SSSR count). The minimum Gasteiger partial charge on any atom is -0.496 e. The second kappa shape index (κ2) is 9.20. The first-order chi connectivity index (χ1) is 13.6. The predicted molar refractivity (Wildman–Crippen MR) is 115 cm³/mol. The summed E-state index contributed by atoms with van der Waals surface area (Å²) in [5, 5.41) is 13.2. The van der Waals surface area contributed by atoms with Gasteiger partial charge in [-0.2, -0.15) is 0 Å². The SMILES string of the molecule is CC(C)(O)CN1CCC(COC2=CC=C(C3=CCNCC3)N(S(C)(=O)=O)C2)CC1. The Labute approximate surface area is 175 Å². The standard InChI is InChI=1S/C21H35N3O4S/c1-21(2,25)16-23-12-8-17(9-13-23)15-28-19-4-5-20(18-6-10-22-11-7-18)24(14-19)29(3,26)27/h4-6,17,22,25H,7-16H2,1-3H3. The van der Waals surface area contributed by atoms with Crippen LogP contribution in [0.5, 0.6) is 0 Å². The van der Waals surface area contributed by atoms with Crippen molar-refractivity contribution in [3.05, 3.63) is 35.3 Å². The highest BCUT2D eigenvalue weighted by Crippen LogP contribution is 2.28. The van der Waals surface area contributed by atoms with Gasteiger partial charge in [0, 0.05) is 13.1 Å². The topological polar surface area (TPSA) is 82.1 Å². The Hall–Kier alpha value is -1.35. The summed E-state index contributed by atoms with van der Waals surface area (Å²) in [7, 11) is -3.37. The Morgan fingerprint density at radius 1 is 1.28 bits per heavy atom. The number of hydrogen-bond acceptors (Lipinski definition) is 6. The molecule has 0 amide bonds. The van der Waals surface area contributed by atoms with Crippen molar-refractivity contribution in [1.29, 1.82) is 0 Å². The smallest absolute Gasteiger partial charge is 0.232 e. The fraction of sp³-hybridized carbons (Fsp3) is 0.714. The number of ether oxygens (including phenoxy) is 1. The molecule has 2 N–H and O–H groups in total. The Bertz CT molecular complexity index is 772. The van der Waals surface area contributed by atoms with Crippen LogP contribution in [0.1, 0.15) is 33.1 Å². The first kappa shape index (κ1) is 22.3. The minimum absolute atomic E-state index is 0.257. The van der Waals surface area contributed by atoms with Gasteiger partial charge in [0.05, 0.1) is 30.7 Å². The lowest BCUT2D eigenvalue weighted by molar-refractivity contribution is 0.0179. The van der Waals surface area contributed by atoms with E-state index in [1.807, 2.05) is 26.0 Å². The van der Waals surface area contributed by atoms with Gasteiger partial charge in [-0.3, -0.25) is 4.31 Å². The molecule has 164 valence electrons. The summed E-state index contributed by atoms with van der Waals surface area (Å²) in [6.45, 7) is 8.78. The molecule has 1 saturated heterocycles. The molecule has 0 spiro atoms. The molecule has 3 aliphatic heterocycles. The molecule has 0 aromatic heterocycles. The Balaban J connectivity index is 1.57. The van der Waals surface area contributed by atoms with Gasteiger partial charge >= 0.3 is 0 Å². The lowest BCUT2D eigenvalue weighted by atomic mass is 9.96. The zero-order valence-electron chi connectivity index (χ0n) is 17.9. The van der Waals surface area contributed by atoms with Crippen molar-refractivity contribution in [2.75, 3.05) is 52.1 Å². The van der Waals surface area contributed by atoms with Gasteiger partial charge in [-0.25, -0.2) is 8.42 Å². The Morgan fingerprint density at radius 2 is 2.00 bits per heavy atom. The molecular formula is C21H35N3O4S. The molecule has 8 heteroatoms. The van der Waals surface area contributed by atoms with Crippen molar-refractivity contribution < 1.29 is 18.3 Å². The molecular weight excluding hydrogens is 390 g/mol. The Morgan fingerprint density at radius 3 is 2.59 bits per heavy atom. The van der Waals surface area contributed by atoms with Gasteiger partial charge in [0.2, 0.25) is 10.0 Å². The van der Waals surface area contributed by atoms with Gasteiger partial charge in [0.1, 0.15) is 5.76 Å². The summed E-state index contributed by atoms with van der Waals surface area (Å²) in [5.74, 6) is 1.16. The second-order valence-corrected chi connectivity index (χ2v) is 10.9. The van der Waals surface area contributed by atoms with Crippen molar-refractivity contribution in [3.63, 3.8) is 0 Å². The molecule has 0 radical (unpaired) electrons. The number of hydrogen-bond donors (Lipinski definition) is 2. The third kappa shape index (κ3) is 6.57. The average molecular weight is 426 g/mol. The summed E-state index contributed by atoms with van der Waals surface area (Å²) in [4.78, 5) is 2.30. The van der Waals surface area contributed by atoms with E-state index in [1.54, 1.807) is 0 Å². The number of nitrogens with one attached hydrogen (secondary N) is 1. The van der Waals surface area contributed by atoms with E-state index in [0.29, 0.717) is 24.8 Å². The monoisotopic (exact) mass is 425 g/mol. The van der Waals surface area contributed by atoms with Crippen LogP contribution in [0, 0.1) is 5.92 Å². The number of β-amino-alcohol motifs (C(OH)–C–C–N with tert-alkyl or cyclic N) is 1. The van der Waals surface area contributed by atoms with Crippen LogP contribution in [0.3, 0.4) is 0 Å². The van der Waals surface area contributed by atoms with Crippen molar-refractivity contribution in [3.8, 4) is 0 Å². The zero-order valence-corrected chi connectivity index (χ0v) is 18.7. The van der Waals surface area contributed by atoms with Crippen LogP contribution in [0.4, 0.5) is 0 Å². The molecule has 0 aromatic rings. The number of aliphatic hydroxyl groups is 1. The highest BCUT2D eigenvalue weighted by Gasteiger charge is 2.28. The van der Waals surface area contributed by atoms with Crippen molar-refractivity contribution in [2.24, 2.45) is 5.92 Å². The van der Waals surface area contributed by atoms with Gasteiger partial charge in [0.15, 0.2) is 0 Å². The summed E-state index contributed by atoms with van der Waals surface area (Å²) in [5.41, 5.74) is 1.17. The highest BCUT2D eigenvalue weighted by atomic mass is 32.2. The summed E-state index contributed by atoms with van der Waals surface area (Å²) < 4.78 is 32.2. The van der Waals surface area contributed by atoms with Gasteiger partial charge in [-0.05, 0) is 76.4 Å². The van der Waals surface area contributed by atoms with Crippen LogP contribution in [-0.2, 0) is 14.8 Å². The van der Waals surface area contributed by atoms with Crippen molar-refractivity contribution >= 4 is 10.0 Å². The fourth-order valence-electron chi connectivity index (χ4n) is 4.13. The maximum absolute atomic E-state index is 12.4. The maximum atomic E-state index is 12.4. The normalized spacial score (nSPS) is 22.8.